The van der Waals surface area contributed by atoms with Crippen molar-refractivity contribution in [1.82, 2.24) is 9.78 Å². The summed E-state index contributed by atoms with van der Waals surface area (Å²) in [6, 6.07) is 3.05. The summed E-state index contributed by atoms with van der Waals surface area (Å²) in [5.74, 6) is 5.51. The maximum Gasteiger partial charge on any atom is 0.267 e. The van der Waals surface area contributed by atoms with Crippen LogP contribution in [0.1, 0.15) is 0 Å². The van der Waals surface area contributed by atoms with Gasteiger partial charge in [0.05, 0.1) is 0 Å². The first kappa shape index (κ1) is 9.49. The number of aromatic nitrogens is 2. The standard InChI is InChI=1S/C9H10N2O2/c1-13-8-3-2-7-11-9(12)5-4-6-10-11/h4-6H,7-8H2,1H3. The lowest BCUT2D eigenvalue weighted by Gasteiger charge is -1.95. The van der Waals surface area contributed by atoms with Gasteiger partial charge in [-0.1, -0.05) is 11.8 Å². The molecule has 0 aliphatic heterocycles. The Morgan fingerprint density at radius 2 is 2.46 bits per heavy atom. The fraction of sp³-hybridized carbons (Fsp3) is 0.333. The molecule has 0 aromatic carbocycles. The lowest BCUT2D eigenvalue weighted by atomic mass is 10.5. The highest BCUT2D eigenvalue weighted by Gasteiger charge is 1.89. The molecule has 1 aromatic rings. The van der Waals surface area contributed by atoms with Gasteiger partial charge in [0.1, 0.15) is 13.2 Å². The molecule has 0 unspecified atom stereocenters. The van der Waals surface area contributed by atoms with Gasteiger partial charge in [0, 0.05) is 19.4 Å². The first-order valence-corrected chi connectivity index (χ1v) is 3.81. The molecular formula is C9H10N2O2. The summed E-state index contributed by atoms with van der Waals surface area (Å²) in [7, 11) is 1.57. The third kappa shape index (κ3) is 3.09. The maximum atomic E-state index is 11.1. The normalized spacial score (nSPS) is 9.00. The van der Waals surface area contributed by atoms with Gasteiger partial charge in [-0.15, -0.1) is 0 Å². The molecule has 1 heterocycles. The molecule has 0 atom stereocenters. The van der Waals surface area contributed by atoms with Crippen LogP contribution in [0.15, 0.2) is 23.1 Å². The predicted octanol–water partition coefficient (Wildman–Crippen LogP) is -0.107. The van der Waals surface area contributed by atoms with E-state index in [1.807, 2.05) is 0 Å². The first-order chi connectivity index (χ1) is 6.34. The molecule has 1 aromatic heterocycles. The van der Waals surface area contributed by atoms with Crippen molar-refractivity contribution in [2.45, 2.75) is 6.54 Å². The minimum atomic E-state index is -0.144. The fourth-order valence-electron chi connectivity index (χ4n) is 0.760. The molecule has 0 spiro atoms. The monoisotopic (exact) mass is 178 g/mol. The Morgan fingerprint density at radius 3 is 3.15 bits per heavy atom. The number of rotatable bonds is 2. The summed E-state index contributed by atoms with van der Waals surface area (Å²) in [4.78, 5) is 11.1. The number of hydrogen-bond acceptors (Lipinski definition) is 3. The van der Waals surface area contributed by atoms with Crippen LogP contribution in [-0.4, -0.2) is 23.5 Å². The molecule has 0 saturated heterocycles. The zero-order chi connectivity index (χ0) is 9.52. The van der Waals surface area contributed by atoms with Crippen LogP contribution < -0.4 is 5.56 Å². The number of nitrogens with zero attached hydrogens (tertiary/aromatic N) is 2. The van der Waals surface area contributed by atoms with E-state index in [-0.39, 0.29) is 5.56 Å². The van der Waals surface area contributed by atoms with E-state index in [1.54, 1.807) is 19.4 Å². The molecular weight excluding hydrogens is 168 g/mol. The summed E-state index contributed by atoms with van der Waals surface area (Å²) in [5.41, 5.74) is -0.144. The third-order valence-corrected chi connectivity index (χ3v) is 1.36. The van der Waals surface area contributed by atoms with Crippen molar-refractivity contribution in [3.8, 4) is 11.8 Å². The summed E-state index contributed by atoms with van der Waals surface area (Å²) >= 11 is 0. The Balaban J connectivity index is 2.61. The Kier molecular flexibility index (Phi) is 3.74. The van der Waals surface area contributed by atoms with Gasteiger partial charge in [0.15, 0.2) is 0 Å². The molecule has 0 amide bonds. The van der Waals surface area contributed by atoms with Crippen LogP contribution in [0.3, 0.4) is 0 Å². The minimum absolute atomic E-state index is 0.144. The molecule has 0 radical (unpaired) electrons. The fourth-order valence-corrected chi connectivity index (χ4v) is 0.760. The second-order valence-corrected chi connectivity index (χ2v) is 2.31. The van der Waals surface area contributed by atoms with Gasteiger partial charge in [-0.05, 0) is 6.07 Å². The molecule has 0 N–H and O–H groups in total. The average molecular weight is 178 g/mol. The van der Waals surface area contributed by atoms with Crippen molar-refractivity contribution >= 4 is 0 Å². The number of hydrogen-bond donors (Lipinski definition) is 0. The van der Waals surface area contributed by atoms with Crippen LogP contribution in [0.4, 0.5) is 0 Å². The molecule has 4 heteroatoms. The van der Waals surface area contributed by atoms with Crippen LogP contribution in [0, 0.1) is 11.8 Å². The minimum Gasteiger partial charge on any atom is -0.372 e. The van der Waals surface area contributed by atoms with Gasteiger partial charge in [-0.2, -0.15) is 5.10 Å². The average Bonchev–Trinajstić information content (AvgIpc) is 2.15. The highest BCUT2D eigenvalue weighted by Crippen LogP contribution is 1.74. The van der Waals surface area contributed by atoms with Crippen LogP contribution in [0.5, 0.6) is 0 Å². The predicted molar refractivity (Wildman–Crippen MR) is 48.1 cm³/mol. The first-order valence-electron chi connectivity index (χ1n) is 3.81. The van der Waals surface area contributed by atoms with E-state index in [2.05, 4.69) is 16.9 Å². The Bertz CT molecular complexity index is 373. The van der Waals surface area contributed by atoms with Gasteiger partial charge in [0.2, 0.25) is 0 Å². The van der Waals surface area contributed by atoms with Crippen LogP contribution in [-0.2, 0) is 11.3 Å². The number of ether oxygens (including phenoxy) is 1. The smallest absolute Gasteiger partial charge is 0.267 e. The maximum absolute atomic E-state index is 11.1. The van der Waals surface area contributed by atoms with Crippen LogP contribution in [0.2, 0.25) is 0 Å². The van der Waals surface area contributed by atoms with E-state index in [9.17, 15) is 4.79 Å². The van der Waals surface area contributed by atoms with E-state index in [4.69, 9.17) is 4.74 Å². The largest absolute Gasteiger partial charge is 0.372 e. The van der Waals surface area contributed by atoms with Crippen LogP contribution >= 0.6 is 0 Å². The van der Waals surface area contributed by atoms with Crippen molar-refractivity contribution in [2.24, 2.45) is 0 Å². The van der Waals surface area contributed by atoms with E-state index in [0.717, 1.165) is 0 Å². The molecule has 4 nitrogen and oxygen atoms in total. The summed E-state index contributed by atoms with van der Waals surface area (Å²) in [6.45, 7) is 0.685. The van der Waals surface area contributed by atoms with Crippen molar-refractivity contribution in [3.63, 3.8) is 0 Å². The second-order valence-electron chi connectivity index (χ2n) is 2.31. The van der Waals surface area contributed by atoms with Gasteiger partial charge >= 0.3 is 0 Å². The molecule has 0 aliphatic carbocycles. The van der Waals surface area contributed by atoms with Gasteiger partial charge in [0.25, 0.3) is 5.56 Å². The third-order valence-electron chi connectivity index (χ3n) is 1.36. The SMILES string of the molecule is COCC#CCn1ncccc1=O. The Morgan fingerprint density at radius 1 is 1.62 bits per heavy atom. The zero-order valence-corrected chi connectivity index (χ0v) is 7.36. The Hall–Kier alpha value is -1.60. The summed E-state index contributed by atoms with van der Waals surface area (Å²) < 4.78 is 6.02. The second kappa shape index (κ2) is 5.12. The molecule has 0 fully saturated rings. The molecule has 0 saturated carbocycles. The van der Waals surface area contributed by atoms with Crippen molar-refractivity contribution < 1.29 is 4.74 Å². The van der Waals surface area contributed by atoms with Crippen molar-refractivity contribution in [2.75, 3.05) is 13.7 Å². The van der Waals surface area contributed by atoms with E-state index in [1.165, 1.54) is 10.7 Å². The quantitative estimate of drug-likeness (QED) is 0.594. The van der Waals surface area contributed by atoms with E-state index < -0.39 is 0 Å². The summed E-state index contributed by atoms with van der Waals surface area (Å²) in [6.07, 6.45) is 1.55. The lowest BCUT2D eigenvalue weighted by molar-refractivity contribution is 0.239. The van der Waals surface area contributed by atoms with Gasteiger partial charge < -0.3 is 4.74 Å². The Labute approximate surface area is 76.1 Å². The van der Waals surface area contributed by atoms with Crippen molar-refractivity contribution in [3.05, 3.63) is 28.7 Å². The molecule has 13 heavy (non-hydrogen) atoms. The molecule has 1 rings (SSSR count). The molecule has 0 aliphatic rings. The molecule has 0 bridgehead atoms. The van der Waals surface area contributed by atoms with E-state index in [0.29, 0.717) is 13.2 Å². The summed E-state index contributed by atoms with van der Waals surface area (Å²) in [5, 5.41) is 3.84. The van der Waals surface area contributed by atoms with Gasteiger partial charge in [-0.3, -0.25) is 4.79 Å². The highest BCUT2D eigenvalue weighted by molar-refractivity contribution is 4.99. The highest BCUT2D eigenvalue weighted by atomic mass is 16.5. The topological polar surface area (TPSA) is 44.1 Å². The van der Waals surface area contributed by atoms with Crippen molar-refractivity contribution in [1.29, 1.82) is 0 Å². The lowest BCUT2D eigenvalue weighted by Crippen LogP contribution is -2.20. The van der Waals surface area contributed by atoms with Gasteiger partial charge in [-0.25, -0.2) is 4.68 Å². The number of methoxy groups -OCH3 is 1. The van der Waals surface area contributed by atoms with Crippen LogP contribution in [0.25, 0.3) is 0 Å². The zero-order valence-electron chi connectivity index (χ0n) is 7.36. The van der Waals surface area contributed by atoms with E-state index >= 15 is 0 Å². The molecule has 68 valence electrons.